The molecule has 0 unspecified atom stereocenters. The lowest BCUT2D eigenvalue weighted by atomic mass is 10.2. The lowest BCUT2D eigenvalue weighted by Gasteiger charge is -2.01. The fraction of sp³-hybridized carbons (Fsp3) is 0.438. The average Bonchev–Trinajstić information content (AvgIpc) is 2.89. The Morgan fingerprint density at radius 3 is 2.85 bits per heavy atom. The van der Waals surface area contributed by atoms with Crippen molar-refractivity contribution < 1.29 is 4.74 Å². The van der Waals surface area contributed by atoms with Crippen LogP contribution in [0, 0.1) is 0 Å². The van der Waals surface area contributed by atoms with Crippen molar-refractivity contribution >= 4 is 11.3 Å². The number of nitrogens with zero attached hydrogens (tertiary/aromatic N) is 1. The van der Waals surface area contributed by atoms with Crippen molar-refractivity contribution in [3.63, 3.8) is 0 Å². The van der Waals surface area contributed by atoms with Crippen molar-refractivity contribution in [3.05, 3.63) is 34.8 Å². The van der Waals surface area contributed by atoms with Crippen LogP contribution >= 0.6 is 11.3 Å². The summed E-state index contributed by atoms with van der Waals surface area (Å²) in [6.07, 6.45) is 2.17. The minimum absolute atomic E-state index is 0.878. The maximum atomic E-state index is 5.29. The lowest BCUT2D eigenvalue weighted by Crippen LogP contribution is -2.11. The van der Waals surface area contributed by atoms with E-state index in [1.54, 1.807) is 18.4 Å². The van der Waals surface area contributed by atoms with Crippen LogP contribution in [0.5, 0.6) is 5.75 Å². The van der Waals surface area contributed by atoms with E-state index in [9.17, 15) is 0 Å². The van der Waals surface area contributed by atoms with E-state index in [-0.39, 0.29) is 0 Å². The third kappa shape index (κ3) is 3.58. The Kier molecular flexibility index (Phi) is 5.56. The second-order valence-electron chi connectivity index (χ2n) is 4.65. The van der Waals surface area contributed by atoms with Crippen molar-refractivity contribution in [3.8, 4) is 16.3 Å². The van der Waals surface area contributed by atoms with E-state index in [0.717, 1.165) is 42.3 Å². The van der Waals surface area contributed by atoms with E-state index in [1.165, 1.54) is 10.6 Å². The summed E-state index contributed by atoms with van der Waals surface area (Å²) in [7, 11) is 1.69. The van der Waals surface area contributed by atoms with Crippen LogP contribution < -0.4 is 10.1 Å². The smallest absolute Gasteiger partial charge is 0.124 e. The molecule has 0 radical (unpaired) electrons. The minimum Gasteiger partial charge on any atom is -0.497 e. The highest BCUT2D eigenvalue weighted by Crippen LogP contribution is 2.30. The summed E-state index contributed by atoms with van der Waals surface area (Å²) in [5.41, 5.74) is 2.37. The van der Waals surface area contributed by atoms with Crippen LogP contribution in [-0.2, 0) is 13.0 Å². The Morgan fingerprint density at radius 1 is 1.30 bits per heavy atom. The molecular formula is C16H22N2OS. The van der Waals surface area contributed by atoms with Gasteiger partial charge in [-0.15, -0.1) is 11.3 Å². The van der Waals surface area contributed by atoms with E-state index in [0.29, 0.717) is 0 Å². The molecule has 0 spiro atoms. The molecule has 0 aliphatic carbocycles. The molecule has 20 heavy (non-hydrogen) atoms. The first-order valence-corrected chi connectivity index (χ1v) is 7.93. The summed E-state index contributed by atoms with van der Waals surface area (Å²) in [5, 5.41) is 4.48. The molecule has 0 fully saturated rings. The topological polar surface area (TPSA) is 34.1 Å². The molecule has 4 heteroatoms. The number of aromatic nitrogens is 1. The first-order chi connectivity index (χ1) is 9.78. The minimum atomic E-state index is 0.878. The van der Waals surface area contributed by atoms with Crippen molar-refractivity contribution in [2.45, 2.75) is 33.2 Å². The Morgan fingerprint density at radius 2 is 2.15 bits per heavy atom. The van der Waals surface area contributed by atoms with Gasteiger partial charge in [-0.3, -0.25) is 0 Å². The van der Waals surface area contributed by atoms with Crippen LogP contribution in [0.15, 0.2) is 24.3 Å². The van der Waals surface area contributed by atoms with Gasteiger partial charge >= 0.3 is 0 Å². The first-order valence-electron chi connectivity index (χ1n) is 7.12. The predicted molar refractivity (Wildman–Crippen MR) is 85.5 cm³/mol. The molecule has 0 atom stereocenters. The number of benzene rings is 1. The highest BCUT2D eigenvalue weighted by Gasteiger charge is 2.12. The molecule has 108 valence electrons. The van der Waals surface area contributed by atoms with Gasteiger partial charge in [0.05, 0.1) is 12.8 Å². The average molecular weight is 290 g/mol. The van der Waals surface area contributed by atoms with Gasteiger partial charge in [-0.1, -0.05) is 32.4 Å². The number of hydrogen-bond donors (Lipinski definition) is 1. The van der Waals surface area contributed by atoms with E-state index in [4.69, 9.17) is 9.72 Å². The fourth-order valence-electron chi connectivity index (χ4n) is 2.07. The summed E-state index contributed by atoms with van der Waals surface area (Å²) >= 11 is 1.78. The number of nitrogens with one attached hydrogen (secondary N) is 1. The Labute approximate surface area is 125 Å². The molecule has 1 aromatic heterocycles. The van der Waals surface area contributed by atoms with E-state index >= 15 is 0 Å². The molecule has 1 aromatic carbocycles. The van der Waals surface area contributed by atoms with Crippen LogP contribution in [0.4, 0.5) is 0 Å². The van der Waals surface area contributed by atoms with Gasteiger partial charge in [-0.25, -0.2) is 4.98 Å². The fourth-order valence-corrected chi connectivity index (χ4v) is 3.15. The molecule has 2 aromatic rings. The molecule has 0 aliphatic rings. The number of hydrogen-bond acceptors (Lipinski definition) is 4. The largest absolute Gasteiger partial charge is 0.497 e. The number of thiazole rings is 1. The van der Waals surface area contributed by atoms with Gasteiger partial charge in [0.1, 0.15) is 10.8 Å². The zero-order chi connectivity index (χ0) is 14.4. The molecule has 0 bridgehead atoms. The zero-order valence-electron chi connectivity index (χ0n) is 12.4. The van der Waals surface area contributed by atoms with Gasteiger partial charge in [0, 0.05) is 17.0 Å². The van der Waals surface area contributed by atoms with Gasteiger partial charge in [0.25, 0.3) is 0 Å². The molecule has 0 amide bonds. The van der Waals surface area contributed by atoms with Crippen molar-refractivity contribution in [1.29, 1.82) is 0 Å². The highest BCUT2D eigenvalue weighted by atomic mass is 32.1. The van der Waals surface area contributed by atoms with Crippen LogP contribution in [0.3, 0.4) is 0 Å². The van der Waals surface area contributed by atoms with Gasteiger partial charge in [-0.05, 0) is 25.1 Å². The quantitative estimate of drug-likeness (QED) is 0.840. The molecule has 0 aliphatic heterocycles. The normalized spacial score (nSPS) is 10.8. The third-order valence-corrected chi connectivity index (χ3v) is 4.26. The van der Waals surface area contributed by atoms with Gasteiger partial charge in [-0.2, -0.15) is 0 Å². The van der Waals surface area contributed by atoms with Crippen LogP contribution in [0.1, 0.15) is 30.8 Å². The second kappa shape index (κ2) is 7.41. The SMILES string of the molecule is CCCc1nc(-c2cccc(OC)c2)sc1CNCC. The molecular weight excluding hydrogens is 268 g/mol. The summed E-state index contributed by atoms with van der Waals surface area (Å²) in [4.78, 5) is 6.17. The second-order valence-corrected chi connectivity index (χ2v) is 5.73. The first kappa shape index (κ1) is 15.0. The number of aryl methyl sites for hydroxylation is 1. The molecule has 1 N–H and O–H groups in total. The highest BCUT2D eigenvalue weighted by molar-refractivity contribution is 7.15. The van der Waals surface area contributed by atoms with Crippen molar-refractivity contribution in [2.75, 3.05) is 13.7 Å². The van der Waals surface area contributed by atoms with Gasteiger partial charge in [0.15, 0.2) is 0 Å². The van der Waals surface area contributed by atoms with E-state index in [1.807, 2.05) is 18.2 Å². The molecule has 0 saturated heterocycles. The Balaban J connectivity index is 2.30. The van der Waals surface area contributed by atoms with Gasteiger partial charge in [0.2, 0.25) is 0 Å². The maximum Gasteiger partial charge on any atom is 0.124 e. The number of ether oxygens (including phenoxy) is 1. The summed E-state index contributed by atoms with van der Waals surface area (Å²) in [5.74, 6) is 0.878. The van der Waals surface area contributed by atoms with E-state index < -0.39 is 0 Å². The van der Waals surface area contributed by atoms with Crippen molar-refractivity contribution in [1.82, 2.24) is 10.3 Å². The van der Waals surface area contributed by atoms with Crippen molar-refractivity contribution in [2.24, 2.45) is 0 Å². The monoisotopic (exact) mass is 290 g/mol. The van der Waals surface area contributed by atoms with E-state index in [2.05, 4.69) is 25.2 Å². The summed E-state index contributed by atoms with van der Waals surface area (Å²) in [6, 6.07) is 8.11. The molecule has 1 heterocycles. The third-order valence-electron chi connectivity index (χ3n) is 3.12. The Hall–Kier alpha value is -1.39. The number of rotatable bonds is 7. The van der Waals surface area contributed by atoms with Crippen LogP contribution in [-0.4, -0.2) is 18.6 Å². The lowest BCUT2D eigenvalue weighted by molar-refractivity contribution is 0.415. The van der Waals surface area contributed by atoms with Gasteiger partial charge < -0.3 is 10.1 Å². The molecule has 2 rings (SSSR count). The summed E-state index contributed by atoms with van der Waals surface area (Å²) in [6.45, 7) is 6.22. The van der Waals surface area contributed by atoms with Crippen LogP contribution in [0.2, 0.25) is 0 Å². The summed E-state index contributed by atoms with van der Waals surface area (Å²) < 4.78 is 5.29. The maximum absolute atomic E-state index is 5.29. The predicted octanol–water partition coefficient (Wildman–Crippen LogP) is 3.88. The standard InChI is InChI=1S/C16H22N2OS/c1-4-7-14-15(11-17-5-2)20-16(18-14)12-8-6-9-13(10-12)19-3/h6,8-10,17H,4-5,7,11H2,1-3H3. The Bertz CT molecular complexity index is 551. The number of methoxy groups -OCH3 is 1. The molecule has 0 saturated carbocycles. The zero-order valence-corrected chi connectivity index (χ0v) is 13.2. The van der Waals surface area contributed by atoms with Crippen LogP contribution in [0.25, 0.3) is 10.6 Å². The molecule has 3 nitrogen and oxygen atoms in total.